The van der Waals surface area contributed by atoms with E-state index in [4.69, 9.17) is 33.2 Å². The van der Waals surface area contributed by atoms with E-state index in [1.54, 1.807) is 0 Å². The van der Waals surface area contributed by atoms with Crippen LogP contribution in [-0.2, 0) is 0 Å². The van der Waals surface area contributed by atoms with Gasteiger partial charge in [-0.3, -0.25) is 4.90 Å². The number of rotatable bonds is 9. The zero-order chi connectivity index (χ0) is 77.7. The van der Waals surface area contributed by atoms with Gasteiger partial charge in [-0.15, -0.1) is 22.7 Å². The summed E-state index contributed by atoms with van der Waals surface area (Å²) in [6.07, 6.45) is 5.77. The van der Waals surface area contributed by atoms with Gasteiger partial charge in [0.2, 0.25) is 5.95 Å². The molecule has 14 aromatic carbocycles. The molecule has 3 aliphatic heterocycles. The third kappa shape index (κ3) is 11.3. The molecule has 0 bridgehead atoms. The molecule has 0 fully saturated rings. The third-order valence-electron chi connectivity index (χ3n) is 23.0. The lowest BCUT2D eigenvalue weighted by Crippen LogP contribution is -2.58. The number of aromatic nitrogens is 5. The first-order chi connectivity index (χ1) is 58.6. The predicted molar refractivity (Wildman–Crippen MR) is 493 cm³/mol. The molecule has 3 aliphatic rings. The van der Waals surface area contributed by atoms with Crippen molar-refractivity contribution in [3.8, 4) is 28.2 Å². The fourth-order valence-electron chi connectivity index (χ4n) is 17.9. The number of hydrogen-bond donors (Lipinski definition) is 0. The molecule has 0 unspecified atom stereocenters. The molecule has 0 atom stereocenters. The van der Waals surface area contributed by atoms with Crippen LogP contribution >= 0.6 is 22.7 Å². The van der Waals surface area contributed by atoms with Crippen molar-refractivity contribution in [3.05, 3.63) is 395 Å². The van der Waals surface area contributed by atoms with Crippen molar-refractivity contribution < 1.29 is 13.3 Å². The molecule has 552 valence electrons. The molecular weight excluding hydrogens is 1480 g/mol. The number of thiophene rings is 2. The molecular formula is C102H65B3N8O3S2. The zero-order valence-corrected chi connectivity index (χ0v) is 65.0. The van der Waals surface area contributed by atoms with Crippen molar-refractivity contribution >= 4 is 218 Å². The van der Waals surface area contributed by atoms with Crippen LogP contribution in [0, 0.1) is 0 Å². The van der Waals surface area contributed by atoms with Crippen LogP contribution in [0.15, 0.2) is 408 Å². The fraction of sp³-hybridized carbons (Fsp3) is 0. The summed E-state index contributed by atoms with van der Waals surface area (Å²) in [4.78, 5) is 26.5. The topological polar surface area (TPSA) is 106 Å². The number of para-hydroxylation sites is 6. The summed E-state index contributed by atoms with van der Waals surface area (Å²) in [5.41, 5.74) is 25.6. The molecule has 0 amide bonds. The second kappa shape index (κ2) is 28.6. The van der Waals surface area contributed by atoms with Gasteiger partial charge in [-0.2, -0.15) is 0 Å². The quantitative estimate of drug-likeness (QED) is 0.130. The summed E-state index contributed by atoms with van der Waals surface area (Å²) in [5, 5.41) is 7.89. The van der Waals surface area contributed by atoms with Crippen LogP contribution in [0.5, 0.6) is 0 Å². The average Bonchev–Trinajstić information content (AvgIpc) is 1.53. The van der Waals surface area contributed by atoms with Gasteiger partial charge in [0.1, 0.15) is 33.7 Å². The molecule has 0 spiro atoms. The molecule has 8 aromatic heterocycles. The Labute approximate surface area is 688 Å². The van der Waals surface area contributed by atoms with Gasteiger partial charge < -0.3 is 27.6 Å². The number of fused-ring (bicyclic) bond motifs is 19. The molecule has 22 aromatic rings. The maximum Gasteiger partial charge on any atom is 0.313 e. The van der Waals surface area contributed by atoms with Crippen molar-refractivity contribution in [1.29, 1.82) is 0 Å². The molecule has 11 heterocycles. The minimum Gasteiger partial charge on any atom is -0.468 e. The maximum absolute atomic E-state index is 6.89. The van der Waals surface area contributed by atoms with Crippen molar-refractivity contribution in [2.45, 2.75) is 0 Å². The Morgan fingerprint density at radius 1 is 0.271 bits per heavy atom. The first-order valence-electron chi connectivity index (χ1n) is 39.7. The lowest BCUT2D eigenvalue weighted by atomic mass is 9.39. The summed E-state index contributed by atoms with van der Waals surface area (Å²) in [6, 6.07) is 132. The normalized spacial score (nSPS) is 12.6. The zero-order valence-electron chi connectivity index (χ0n) is 63.4. The Morgan fingerprint density at radius 3 is 1.21 bits per heavy atom. The molecule has 16 heteroatoms. The van der Waals surface area contributed by atoms with E-state index in [0.717, 1.165) is 106 Å². The van der Waals surface area contributed by atoms with E-state index in [9.17, 15) is 0 Å². The Hall–Kier alpha value is -14.8. The molecule has 0 saturated carbocycles. The van der Waals surface area contributed by atoms with Crippen LogP contribution in [0.4, 0.5) is 51.4 Å². The van der Waals surface area contributed by atoms with Gasteiger partial charge >= 0.3 is 20.1 Å². The van der Waals surface area contributed by atoms with Gasteiger partial charge in [0.15, 0.2) is 5.82 Å². The van der Waals surface area contributed by atoms with E-state index in [1.165, 1.54) is 85.1 Å². The maximum atomic E-state index is 6.89. The number of anilines is 9. The molecule has 0 radical (unpaired) electrons. The average molecular weight is 1550 g/mol. The van der Waals surface area contributed by atoms with Gasteiger partial charge in [0.25, 0.3) is 0 Å². The predicted octanol–water partition coefficient (Wildman–Crippen LogP) is 20.6. The summed E-state index contributed by atoms with van der Waals surface area (Å²) in [5.74, 6) is 1.36. The second-order valence-electron chi connectivity index (χ2n) is 29.8. The number of furan rings is 3. The smallest absolute Gasteiger partial charge is 0.313 e. The fourth-order valence-corrected chi connectivity index (χ4v) is 20.6. The van der Waals surface area contributed by atoms with Crippen molar-refractivity contribution in [1.82, 2.24) is 24.5 Å². The molecule has 118 heavy (non-hydrogen) atoms. The lowest BCUT2D eigenvalue weighted by molar-refractivity contribution is 0.650. The Bertz CT molecular complexity index is 7390. The first kappa shape index (κ1) is 68.7. The molecule has 11 nitrogen and oxygen atoms in total. The summed E-state index contributed by atoms with van der Waals surface area (Å²) in [6.45, 7) is -0.134. The molecule has 0 saturated heterocycles. The minimum atomic E-state index is -0.110. The van der Waals surface area contributed by atoms with Gasteiger partial charge in [0, 0.05) is 85.4 Å². The van der Waals surface area contributed by atoms with Crippen LogP contribution in [0.25, 0.3) is 103 Å². The van der Waals surface area contributed by atoms with Crippen LogP contribution in [0.2, 0.25) is 0 Å². The Kier molecular flexibility index (Phi) is 16.7. The SMILES string of the molecule is c1ccc(B2c3oc4ccccc4c3N(c3ccc(-c4ccccc4)cc3)c3c2n(-c2ccccc2)c2ccccc32)cc1.c1ccc(B2c3oc4ccccc4c3N(c3cnc(-c4ccccc4)nc3)c3c2sc2ccccc32)cc1.c1ccc(B2c3oc4ccccc4c3N(c3ncc4ccccc4n3)c3c2sc2ccccc32)cc1. The van der Waals surface area contributed by atoms with E-state index < -0.39 is 0 Å². The van der Waals surface area contributed by atoms with E-state index in [1.807, 2.05) is 114 Å². The second-order valence-corrected chi connectivity index (χ2v) is 32.0. The highest BCUT2D eigenvalue weighted by Crippen LogP contribution is 2.50. The number of benzene rings is 14. The largest absolute Gasteiger partial charge is 0.468 e. The van der Waals surface area contributed by atoms with Gasteiger partial charge in [0.05, 0.1) is 63.2 Å². The van der Waals surface area contributed by atoms with Crippen molar-refractivity contribution in [2.75, 3.05) is 14.7 Å². The molecule has 25 rings (SSSR count). The van der Waals surface area contributed by atoms with Crippen LogP contribution in [0.3, 0.4) is 0 Å². The van der Waals surface area contributed by atoms with Gasteiger partial charge in [-0.25, -0.2) is 19.9 Å². The van der Waals surface area contributed by atoms with E-state index in [2.05, 4.69) is 323 Å². The summed E-state index contributed by atoms with van der Waals surface area (Å²) >= 11 is 3.65. The van der Waals surface area contributed by atoms with Gasteiger partial charge in [-0.05, 0) is 96.1 Å². The van der Waals surface area contributed by atoms with Crippen LogP contribution in [0.1, 0.15) is 0 Å². The Morgan fingerprint density at radius 2 is 0.669 bits per heavy atom. The molecule has 0 N–H and O–H groups in total. The summed E-state index contributed by atoms with van der Waals surface area (Å²) in [7, 11) is 0. The number of hydrogen-bond acceptors (Lipinski definition) is 12. The standard InChI is InChI=1S/C40H27BN2O.C32H20BN3OS.C30H18BN3OS/c1-4-14-28(15-5-1)29-24-26-32(27-25-29)43-37-33-20-10-12-22-35(33)42(31-18-8-3-9-19-31)39(37)41(30-16-6-2-7-17-30)40-38(43)34-21-11-13-23-36(34)44-40;1-3-11-21(12-4-1)32-34-19-23(20-35-32)36-28-24-15-7-9-17-26(24)37-30(28)33(22-13-5-2-6-14-22)31-29(36)25-16-8-10-18-27(25)38-31;1-2-11-20(12-3-1)31-28-26(21-13-5-8-16-24(21)35-28)34(27-22-14-6-9-17-25(22)36-29(27)31)30-32-18-19-10-4-7-15-23(19)33-30/h1-27H;1-20H;1-18H. The van der Waals surface area contributed by atoms with E-state index >= 15 is 0 Å². The van der Waals surface area contributed by atoms with Crippen LogP contribution in [-0.4, -0.2) is 44.6 Å². The number of nitrogens with zero attached hydrogens (tertiary/aromatic N) is 8. The highest BCUT2D eigenvalue weighted by Gasteiger charge is 2.47. The van der Waals surface area contributed by atoms with Gasteiger partial charge in [-0.1, -0.05) is 308 Å². The molecule has 0 aliphatic carbocycles. The van der Waals surface area contributed by atoms with E-state index in [-0.39, 0.29) is 20.1 Å². The highest BCUT2D eigenvalue weighted by atomic mass is 32.1. The monoisotopic (exact) mass is 1550 g/mol. The highest BCUT2D eigenvalue weighted by molar-refractivity contribution is 7.34. The van der Waals surface area contributed by atoms with Crippen LogP contribution < -0.4 is 63.2 Å². The third-order valence-corrected chi connectivity index (χ3v) is 25.5. The first-order valence-corrected chi connectivity index (χ1v) is 41.3. The minimum absolute atomic E-state index is 0.00763. The lowest BCUT2D eigenvalue weighted by Gasteiger charge is -2.33. The van der Waals surface area contributed by atoms with Crippen molar-refractivity contribution in [2.24, 2.45) is 0 Å². The summed E-state index contributed by atoms with van der Waals surface area (Å²) < 4.78 is 27.7. The van der Waals surface area contributed by atoms with E-state index in [0.29, 0.717) is 11.8 Å². The van der Waals surface area contributed by atoms with Crippen molar-refractivity contribution in [3.63, 3.8) is 0 Å². The Balaban J connectivity index is 0.000000104.